The first-order chi connectivity index (χ1) is 9.65. The van der Waals surface area contributed by atoms with Gasteiger partial charge in [0.05, 0.1) is 0 Å². The van der Waals surface area contributed by atoms with Gasteiger partial charge in [-0.05, 0) is 30.3 Å². The number of ether oxygens (including phenoxy) is 1. The average molecular weight is 275 g/mol. The number of hydroxylamine groups is 1. The summed E-state index contributed by atoms with van der Waals surface area (Å²) in [5, 5.41) is 0. The maximum Gasteiger partial charge on any atom is 0.275 e. The van der Waals surface area contributed by atoms with E-state index in [0.717, 1.165) is 6.07 Å². The zero-order valence-corrected chi connectivity index (χ0v) is 10.9. The molecule has 1 unspecified atom stereocenters. The Morgan fingerprint density at radius 1 is 1.15 bits per heavy atom. The molecule has 0 spiro atoms. The summed E-state index contributed by atoms with van der Waals surface area (Å²) in [4.78, 5) is 16.8. The van der Waals surface area contributed by atoms with Crippen LogP contribution in [0.2, 0.25) is 0 Å². The van der Waals surface area contributed by atoms with Crippen LogP contribution in [0, 0.1) is 5.82 Å². The highest BCUT2D eigenvalue weighted by molar-refractivity contribution is 5.93. The fraction of sp³-hybridized carbons (Fsp3) is 0.133. The average Bonchev–Trinajstić information content (AvgIpc) is 2.46. The van der Waals surface area contributed by atoms with E-state index in [1.165, 1.54) is 18.2 Å². The smallest absolute Gasteiger partial charge is 0.275 e. The zero-order valence-electron chi connectivity index (χ0n) is 10.9. The number of hydrogen-bond acceptors (Lipinski definition) is 3. The van der Waals surface area contributed by atoms with Gasteiger partial charge in [0, 0.05) is 12.5 Å². The lowest BCUT2D eigenvalue weighted by atomic mass is 10.2. The zero-order chi connectivity index (χ0) is 14.4. The third-order valence-corrected chi connectivity index (χ3v) is 2.45. The number of carbonyl (C=O) groups excluding carboxylic acids is 1. The number of carbonyl (C=O) groups is 1. The second-order valence-electron chi connectivity index (χ2n) is 4.06. The van der Waals surface area contributed by atoms with Crippen LogP contribution in [0.4, 0.5) is 4.39 Å². The molecule has 0 saturated heterocycles. The summed E-state index contributed by atoms with van der Waals surface area (Å²) in [6, 6.07) is 14.4. The molecule has 4 nitrogen and oxygen atoms in total. The van der Waals surface area contributed by atoms with E-state index in [1.807, 2.05) is 18.2 Å². The Bertz CT molecular complexity index is 574. The lowest BCUT2D eigenvalue weighted by molar-refractivity contribution is -0.105. The van der Waals surface area contributed by atoms with Crippen LogP contribution in [0.5, 0.6) is 5.75 Å². The predicted molar refractivity (Wildman–Crippen MR) is 71.5 cm³/mol. The standard InChI is InChI=1S/C15H14FNO3/c1-11(19-14-8-3-2-4-9-14)20-17-15(18)12-6-5-7-13(16)10-12/h2-11H,1H3,(H,17,18). The van der Waals surface area contributed by atoms with E-state index in [2.05, 4.69) is 5.48 Å². The second-order valence-corrected chi connectivity index (χ2v) is 4.06. The van der Waals surface area contributed by atoms with Gasteiger partial charge in [0.25, 0.3) is 5.91 Å². The topological polar surface area (TPSA) is 47.6 Å². The first kappa shape index (κ1) is 14.0. The summed E-state index contributed by atoms with van der Waals surface area (Å²) in [6.45, 7) is 1.64. The molecule has 0 saturated carbocycles. The molecule has 1 N–H and O–H groups in total. The minimum atomic E-state index is -0.671. The summed E-state index contributed by atoms with van der Waals surface area (Å²) in [7, 11) is 0. The van der Waals surface area contributed by atoms with E-state index in [9.17, 15) is 9.18 Å². The number of benzene rings is 2. The summed E-state index contributed by atoms with van der Waals surface area (Å²) in [5.74, 6) is -0.390. The Labute approximate surface area is 116 Å². The Kier molecular flexibility index (Phi) is 4.68. The van der Waals surface area contributed by atoms with Gasteiger partial charge in [-0.1, -0.05) is 24.3 Å². The highest BCUT2D eigenvalue weighted by Crippen LogP contribution is 2.11. The fourth-order valence-electron chi connectivity index (χ4n) is 1.54. The molecule has 0 aliphatic carbocycles. The summed E-state index contributed by atoms with van der Waals surface area (Å²) in [5.41, 5.74) is 2.39. The monoisotopic (exact) mass is 275 g/mol. The minimum Gasteiger partial charge on any atom is -0.463 e. The molecule has 1 atom stereocenters. The van der Waals surface area contributed by atoms with Crippen LogP contribution in [0.3, 0.4) is 0 Å². The van der Waals surface area contributed by atoms with Crippen molar-refractivity contribution in [2.24, 2.45) is 0 Å². The second kappa shape index (κ2) is 6.68. The molecule has 0 heterocycles. The maximum absolute atomic E-state index is 13.0. The molecule has 0 aromatic heterocycles. The van der Waals surface area contributed by atoms with E-state index in [4.69, 9.17) is 9.57 Å². The molecule has 0 bridgehead atoms. The first-order valence-electron chi connectivity index (χ1n) is 6.08. The number of para-hydroxylation sites is 1. The van der Waals surface area contributed by atoms with Crippen molar-refractivity contribution in [1.29, 1.82) is 0 Å². The number of rotatable bonds is 5. The predicted octanol–water partition coefficient (Wildman–Crippen LogP) is 2.91. The fourth-order valence-corrected chi connectivity index (χ4v) is 1.54. The maximum atomic E-state index is 13.0. The summed E-state index contributed by atoms with van der Waals surface area (Å²) in [6.07, 6.45) is -0.671. The molecule has 5 heteroatoms. The van der Waals surface area contributed by atoms with Gasteiger partial charge in [0.1, 0.15) is 11.6 Å². The van der Waals surface area contributed by atoms with Crippen molar-refractivity contribution in [3.8, 4) is 5.75 Å². The van der Waals surface area contributed by atoms with Crippen LogP contribution in [0.25, 0.3) is 0 Å². The molecule has 0 aliphatic heterocycles. The van der Waals surface area contributed by atoms with E-state index < -0.39 is 18.0 Å². The van der Waals surface area contributed by atoms with Crippen molar-refractivity contribution < 1.29 is 18.8 Å². The van der Waals surface area contributed by atoms with Crippen LogP contribution in [0.1, 0.15) is 17.3 Å². The Morgan fingerprint density at radius 3 is 2.60 bits per heavy atom. The van der Waals surface area contributed by atoms with E-state index in [1.54, 1.807) is 19.1 Å². The van der Waals surface area contributed by atoms with Gasteiger partial charge in [0.2, 0.25) is 6.29 Å². The van der Waals surface area contributed by atoms with Crippen LogP contribution >= 0.6 is 0 Å². The van der Waals surface area contributed by atoms with Gasteiger partial charge < -0.3 is 4.74 Å². The number of hydrogen-bond donors (Lipinski definition) is 1. The molecule has 1 amide bonds. The Hall–Kier alpha value is -2.40. The number of nitrogens with one attached hydrogen (secondary N) is 1. The number of halogens is 1. The van der Waals surface area contributed by atoms with Crippen LogP contribution in [0.15, 0.2) is 54.6 Å². The van der Waals surface area contributed by atoms with Gasteiger partial charge in [-0.2, -0.15) is 0 Å². The van der Waals surface area contributed by atoms with Crippen molar-refractivity contribution in [2.75, 3.05) is 0 Å². The van der Waals surface area contributed by atoms with Crippen molar-refractivity contribution in [3.63, 3.8) is 0 Å². The highest BCUT2D eigenvalue weighted by Gasteiger charge is 2.09. The molecular formula is C15H14FNO3. The molecule has 0 fully saturated rings. The minimum absolute atomic E-state index is 0.178. The van der Waals surface area contributed by atoms with Crippen LogP contribution in [-0.2, 0) is 4.84 Å². The van der Waals surface area contributed by atoms with Gasteiger partial charge in [-0.3, -0.25) is 4.79 Å². The third-order valence-electron chi connectivity index (χ3n) is 2.45. The molecule has 2 aromatic carbocycles. The quantitative estimate of drug-likeness (QED) is 0.674. The molecule has 20 heavy (non-hydrogen) atoms. The van der Waals surface area contributed by atoms with Gasteiger partial charge in [-0.25, -0.2) is 14.7 Å². The molecule has 2 aromatic rings. The van der Waals surface area contributed by atoms with Gasteiger partial charge in [0.15, 0.2) is 0 Å². The van der Waals surface area contributed by atoms with E-state index in [0.29, 0.717) is 5.75 Å². The van der Waals surface area contributed by atoms with Crippen molar-refractivity contribution in [3.05, 3.63) is 66.0 Å². The van der Waals surface area contributed by atoms with Gasteiger partial charge in [-0.15, -0.1) is 0 Å². The Morgan fingerprint density at radius 2 is 1.90 bits per heavy atom. The Balaban J connectivity index is 1.84. The van der Waals surface area contributed by atoms with Crippen LogP contribution < -0.4 is 10.2 Å². The lowest BCUT2D eigenvalue weighted by Crippen LogP contribution is -2.31. The summed E-state index contributed by atoms with van der Waals surface area (Å²) >= 11 is 0. The van der Waals surface area contributed by atoms with Crippen molar-refractivity contribution >= 4 is 5.91 Å². The van der Waals surface area contributed by atoms with Crippen molar-refractivity contribution in [2.45, 2.75) is 13.2 Å². The van der Waals surface area contributed by atoms with E-state index in [-0.39, 0.29) is 5.56 Å². The van der Waals surface area contributed by atoms with E-state index >= 15 is 0 Å². The highest BCUT2D eigenvalue weighted by atomic mass is 19.1. The van der Waals surface area contributed by atoms with Crippen LogP contribution in [-0.4, -0.2) is 12.2 Å². The molecule has 104 valence electrons. The summed E-state index contributed by atoms with van der Waals surface area (Å²) < 4.78 is 18.4. The number of amides is 1. The van der Waals surface area contributed by atoms with Crippen molar-refractivity contribution in [1.82, 2.24) is 5.48 Å². The normalized spacial score (nSPS) is 11.7. The molecular weight excluding hydrogens is 261 g/mol. The SMILES string of the molecule is CC(ONC(=O)c1cccc(F)c1)Oc1ccccc1. The molecule has 2 rings (SSSR count). The van der Waals surface area contributed by atoms with Gasteiger partial charge >= 0.3 is 0 Å². The largest absolute Gasteiger partial charge is 0.463 e. The first-order valence-corrected chi connectivity index (χ1v) is 6.08. The lowest BCUT2D eigenvalue weighted by Gasteiger charge is -2.15. The molecule has 0 aliphatic rings. The molecule has 0 radical (unpaired) electrons. The third kappa shape index (κ3) is 4.07.